The maximum atomic E-state index is 4.74. The number of benzene rings is 1. The van der Waals surface area contributed by atoms with Gasteiger partial charge in [-0.15, -0.1) is 0 Å². The van der Waals surface area contributed by atoms with Gasteiger partial charge in [-0.1, -0.05) is 22.9 Å². The topological polar surface area (TPSA) is 29.9 Å². The molecule has 1 aromatic carbocycles. The molecule has 0 bridgehead atoms. The summed E-state index contributed by atoms with van der Waals surface area (Å²) >= 11 is 3.50. The molecule has 1 heterocycles. The Kier molecular flexibility index (Phi) is 4.40. The number of hydrogen-bond acceptors (Lipinski definition) is 2. The zero-order valence-electron chi connectivity index (χ0n) is 11.2. The Balaban J connectivity index is 2.41. The first-order chi connectivity index (χ1) is 8.63. The molecule has 1 aromatic heterocycles. The molecule has 98 valence electrons. The van der Waals surface area contributed by atoms with Gasteiger partial charge in [0.2, 0.25) is 0 Å². The van der Waals surface area contributed by atoms with Crippen molar-refractivity contribution in [2.45, 2.75) is 39.8 Å². The third-order valence-electron chi connectivity index (χ3n) is 2.95. The Morgan fingerprint density at radius 2 is 2.17 bits per heavy atom. The molecule has 1 N–H and O–H groups in total. The number of hydrogen-bond donors (Lipinski definition) is 1. The Hall–Kier alpha value is -0.870. The van der Waals surface area contributed by atoms with Crippen LogP contribution in [0.25, 0.3) is 11.0 Å². The van der Waals surface area contributed by atoms with Gasteiger partial charge in [-0.2, -0.15) is 0 Å². The summed E-state index contributed by atoms with van der Waals surface area (Å²) in [7, 11) is 0. The van der Waals surface area contributed by atoms with Gasteiger partial charge in [0, 0.05) is 10.5 Å². The average Bonchev–Trinajstić information content (AvgIpc) is 2.66. The van der Waals surface area contributed by atoms with Gasteiger partial charge < -0.3 is 9.88 Å². The van der Waals surface area contributed by atoms with E-state index in [9.17, 15) is 0 Å². The van der Waals surface area contributed by atoms with Gasteiger partial charge in [0.1, 0.15) is 5.82 Å². The molecule has 0 spiro atoms. The van der Waals surface area contributed by atoms with Crippen LogP contribution in [0.4, 0.5) is 0 Å². The van der Waals surface area contributed by atoms with E-state index >= 15 is 0 Å². The molecule has 0 aliphatic rings. The monoisotopic (exact) mass is 309 g/mol. The number of rotatable bonds is 5. The van der Waals surface area contributed by atoms with Crippen LogP contribution in [0.1, 0.15) is 39.1 Å². The summed E-state index contributed by atoms with van der Waals surface area (Å²) in [6.07, 6.45) is 1.15. The van der Waals surface area contributed by atoms with Crippen molar-refractivity contribution in [3.05, 3.63) is 28.5 Å². The highest BCUT2D eigenvalue weighted by atomic mass is 79.9. The van der Waals surface area contributed by atoms with Gasteiger partial charge in [0.25, 0.3) is 0 Å². The van der Waals surface area contributed by atoms with Crippen LogP contribution in [-0.4, -0.2) is 16.1 Å². The molecule has 0 fully saturated rings. The molecule has 0 saturated carbocycles. The third-order valence-corrected chi connectivity index (χ3v) is 3.44. The molecule has 0 unspecified atom stereocenters. The number of fused-ring (bicyclic) bond motifs is 1. The lowest BCUT2D eigenvalue weighted by Gasteiger charge is -2.13. The Labute approximate surface area is 117 Å². The second kappa shape index (κ2) is 5.85. The predicted octanol–water partition coefficient (Wildman–Crippen LogP) is 3.88. The summed E-state index contributed by atoms with van der Waals surface area (Å²) in [4.78, 5) is 4.74. The number of nitrogens with one attached hydrogen (secondary N) is 1. The molecule has 0 radical (unpaired) electrons. The van der Waals surface area contributed by atoms with Crippen LogP contribution in [0, 0.1) is 0 Å². The van der Waals surface area contributed by atoms with Crippen LogP contribution >= 0.6 is 15.9 Å². The van der Waals surface area contributed by atoms with Crippen LogP contribution in [0.15, 0.2) is 22.7 Å². The van der Waals surface area contributed by atoms with Crippen LogP contribution in [-0.2, 0) is 6.54 Å². The molecule has 0 aliphatic heterocycles. The van der Waals surface area contributed by atoms with E-state index in [2.05, 4.69) is 64.8 Å². The minimum atomic E-state index is 0.426. The highest BCUT2D eigenvalue weighted by molar-refractivity contribution is 9.10. The first-order valence-electron chi connectivity index (χ1n) is 6.50. The molecular formula is C14H20BrN3. The molecule has 18 heavy (non-hydrogen) atoms. The van der Waals surface area contributed by atoms with Gasteiger partial charge in [-0.05, 0) is 45.0 Å². The van der Waals surface area contributed by atoms with E-state index in [4.69, 9.17) is 4.98 Å². The van der Waals surface area contributed by atoms with E-state index in [1.165, 1.54) is 5.52 Å². The van der Waals surface area contributed by atoms with Crippen molar-refractivity contribution in [3.8, 4) is 0 Å². The quantitative estimate of drug-likeness (QED) is 0.849. The molecular weight excluding hydrogens is 290 g/mol. The van der Waals surface area contributed by atoms with Gasteiger partial charge in [-0.3, -0.25) is 0 Å². The van der Waals surface area contributed by atoms with Crippen molar-refractivity contribution in [1.29, 1.82) is 0 Å². The smallest absolute Gasteiger partial charge is 0.124 e. The number of aromatic nitrogens is 2. The summed E-state index contributed by atoms with van der Waals surface area (Å²) in [5.74, 6) is 1.12. The molecule has 0 saturated heterocycles. The fourth-order valence-corrected chi connectivity index (χ4v) is 2.55. The van der Waals surface area contributed by atoms with Crippen molar-refractivity contribution >= 4 is 27.0 Å². The standard InChI is InChI=1S/C14H20BrN3/c1-4-7-16-9-14-17-12-8-11(15)5-6-13(12)18(14)10(2)3/h5-6,8,10,16H,4,7,9H2,1-3H3. The summed E-state index contributed by atoms with van der Waals surface area (Å²) in [6.45, 7) is 8.44. The van der Waals surface area contributed by atoms with E-state index in [-0.39, 0.29) is 0 Å². The number of nitrogens with zero attached hydrogens (tertiary/aromatic N) is 2. The minimum Gasteiger partial charge on any atom is -0.324 e. The Morgan fingerprint density at radius 1 is 1.39 bits per heavy atom. The van der Waals surface area contributed by atoms with E-state index in [0.29, 0.717) is 6.04 Å². The molecule has 4 heteroatoms. The fourth-order valence-electron chi connectivity index (χ4n) is 2.20. The lowest BCUT2D eigenvalue weighted by atomic mass is 10.3. The lowest BCUT2D eigenvalue weighted by molar-refractivity contribution is 0.553. The minimum absolute atomic E-state index is 0.426. The van der Waals surface area contributed by atoms with Gasteiger partial charge in [0.05, 0.1) is 17.6 Å². The van der Waals surface area contributed by atoms with Gasteiger partial charge in [0.15, 0.2) is 0 Å². The molecule has 2 aromatic rings. The highest BCUT2D eigenvalue weighted by Gasteiger charge is 2.12. The third kappa shape index (κ3) is 2.75. The summed E-state index contributed by atoms with van der Waals surface area (Å²) in [6, 6.07) is 6.72. The van der Waals surface area contributed by atoms with E-state index < -0.39 is 0 Å². The molecule has 2 rings (SSSR count). The van der Waals surface area contributed by atoms with E-state index in [1.807, 2.05) is 0 Å². The largest absolute Gasteiger partial charge is 0.324 e. The van der Waals surface area contributed by atoms with Crippen molar-refractivity contribution in [2.24, 2.45) is 0 Å². The van der Waals surface area contributed by atoms with Crippen LogP contribution in [0.3, 0.4) is 0 Å². The van der Waals surface area contributed by atoms with Crippen LogP contribution in [0.5, 0.6) is 0 Å². The van der Waals surface area contributed by atoms with E-state index in [1.54, 1.807) is 0 Å². The zero-order chi connectivity index (χ0) is 13.1. The van der Waals surface area contributed by atoms with Crippen LogP contribution in [0.2, 0.25) is 0 Å². The zero-order valence-corrected chi connectivity index (χ0v) is 12.8. The van der Waals surface area contributed by atoms with Crippen molar-refractivity contribution in [1.82, 2.24) is 14.9 Å². The first kappa shape index (κ1) is 13.6. The molecule has 3 nitrogen and oxygen atoms in total. The summed E-state index contributed by atoms with van der Waals surface area (Å²) < 4.78 is 3.39. The Morgan fingerprint density at radius 3 is 2.83 bits per heavy atom. The second-order valence-corrected chi connectivity index (χ2v) is 5.72. The fraction of sp³-hybridized carbons (Fsp3) is 0.500. The van der Waals surface area contributed by atoms with Gasteiger partial charge >= 0.3 is 0 Å². The lowest BCUT2D eigenvalue weighted by Crippen LogP contribution is -2.18. The van der Waals surface area contributed by atoms with Crippen molar-refractivity contribution in [3.63, 3.8) is 0 Å². The number of halogens is 1. The number of imidazole rings is 1. The molecule has 0 aliphatic carbocycles. The maximum absolute atomic E-state index is 4.74. The normalized spacial score (nSPS) is 11.6. The highest BCUT2D eigenvalue weighted by Crippen LogP contribution is 2.24. The summed E-state index contributed by atoms with van der Waals surface area (Å²) in [5.41, 5.74) is 2.27. The van der Waals surface area contributed by atoms with Crippen LogP contribution < -0.4 is 5.32 Å². The maximum Gasteiger partial charge on any atom is 0.124 e. The first-order valence-corrected chi connectivity index (χ1v) is 7.30. The van der Waals surface area contributed by atoms with Crippen molar-refractivity contribution < 1.29 is 0 Å². The van der Waals surface area contributed by atoms with Crippen molar-refractivity contribution in [2.75, 3.05) is 6.54 Å². The summed E-state index contributed by atoms with van der Waals surface area (Å²) in [5, 5.41) is 3.43. The predicted molar refractivity (Wildman–Crippen MR) is 79.8 cm³/mol. The molecule has 0 atom stereocenters. The Bertz CT molecular complexity index is 531. The molecule has 0 amide bonds. The SMILES string of the molecule is CCCNCc1nc2cc(Br)ccc2n1C(C)C. The van der Waals surface area contributed by atoms with E-state index in [0.717, 1.165) is 35.3 Å². The van der Waals surface area contributed by atoms with Gasteiger partial charge in [-0.25, -0.2) is 4.98 Å². The second-order valence-electron chi connectivity index (χ2n) is 4.80. The average molecular weight is 310 g/mol.